The first-order valence-corrected chi connectivity index (χ1v) is 7.27. The van der Waals surface area contributed by atoms with Crippen molar-refractivity contribution in [2.75, 3.05) is 19.8 Å². The molecule has 0 aliphatic heterocycles. The molecule has 106 valence electrons. The van der Waals surface area contributed by atoms with Crippen molar-refractivity contribution < 1.29 is 9.84 Å². The molecule has 0 radical (unpaired) electrons. The first-order chi connectivity index (χ1) is 9.17. The first-order valence-electron chi connectivity index (χ1n) is 7.27. The van der Waals surface area contributed by atoms with Crippen molar-refractivity contribution in [3.05, 3.63) is 29.3 Å². The number of nitrogens with one attached hydrogen (secondary N) is 1. The Morgan fingerprint density at radius 2 is 2.11 bits per heavy atom. The molecule has 1 aromatic rings. The SMILES string of the molecule is CCNC(C)(CO)CCOc1ccc2c(c1)CCC2. The summed E-state index contributed by atoms with van der Waals surface area (Å²) in [6.45, 7) is 5.70. The van der Waals surface area contributed by atoms with Crippen molar-refractivity contribution in [1.29, 1.82) is 0 Å². The van der Waals surface area contributed by atoms with Gasteiger partial charge in [-0.15, -0.1) is 0 Å². The molecule has 0 aromatic heterocycles. The Labute approximate surface area is 116 Å². The fourth-order valence-electron chi connectivity index (χ4n) is 2.68. The Balaban J connectivity index is 1.85. The second kappa shape index (κ2) is 6.40. The summed E-state index contributed by atoms with van der Waals surface area (Å²) in [4.78, 5) is 0. The van der Waals surface area contributed by atoms with Crippen molar-refractivity contribution in [3.63, 3.8) is 0 Å². The van der Waals surface area contributed by atoms with Crippen molar-refractivity contribution in [2.24, 2.45) is 0 Å². The highest BCUT2D eigenvalue weighted by Gasteiger charge is 2.21. The predicted molar refractivity (Wildman–Crippen MR) is 77.7 cm³/mol. The molecule has 3 heteroatoms. The van der Waals surface area contributed by atoms with E-state index in [4.69, 9.17) is 4.74 Å². The van der Waals surface area contributed by atoms with E-state index < -0.39 is 0 Å². The van der Waals surface area contributed by atoms with Gasteiger partial charge in [0.05, 0.1) is 13.2 Å². The van der Waals surface area contributed by atoms with Crippen molar-refractivity contribution in [3.8, 4) is 5.75 Å². The molecule has 3 nitrogen and oxygen atoms in total. The zero-order valence-corrected chi connectivity index (χ0v) is 12.0. The third-order valence-electron chi connectivity index (χ3n) is 3.95. The average molecular weight is 263 g/mol. The maximum absolute atomic E-state index is 9.42. The maximum atomic E-state index is 9.42. The molecule has 0 fully saturated rings. The smallest absolute Gasteiger partial charge is 0.119 e. The third kappa shape index (κ3) is 3.71. The summed E-state index contributed by atoms with van der Waals surface area (Å²) in [6.07, 6.45) is 4.45. The molecule has 1 aliphatic rings. The van der Waals surface area contributed by atoms with Gasteiger partial charge in [-0.3, -0.25) is 0 Å². The molecule has 1 unspecified atom stereocenters. The molecule has 0 saturated carbocycles. The van der Waals surface area contributed by atoms with Crippen LogP contribution in [0.25, 0.3) is 0 Å². The molecule has 0 saturated heterocycles. The molecule has 0 bridgehead atoms. The highest BCUT2D eigenvalue weighted by atomic mass is 16.5. The zero-order valence-electron chi connectivity index (χ0n) is 12.0. The largest absolute Gasteiger partial charge is 0.494 e. The quantitative estimate of drug-likeness (QED) is 0.793. The Morgan fingerprint density at radius 3 is 2.84 bits per heavy atom. The van der Waals surface area contributed by atoms with E-state index in [1.54, 1.807) is 0 Å². The topological polar surface area (TPSA) is 41.5 Å². The number of aliphatic hydroxyl groups is 1. The second-order valence-corrected chi connectivity index (χ2v) is 5.63. The third-order valence-corrected chi connectivity index (χ3v) is 3.95. The number of benzene rings is 1. The van der Waals surface area contributed by atoms with Crippen LogP contribution in [0.4, 0.5) is 0 Å². The van der Waals surface area contributed by atoms with Crippen LogP contribution >= 0.6 is 0 Å². The minimum absolute atomic E-state index is 0.133. The highest BCUT2D eigenvalue weighted by molar-refractivity contribution is 5.38. The molecule has 0 amide bonds. The molecule has 0 spiro atoms. The summed E-state index contributed by atoms with van der Waals surface area (Å²) < 4.78 is 5.82. The standard InChI is InChI=1S/C16H25NO2/c1-3-17-16(2,12-18)9-10-19-15-8-7-13-5-4-6-14(13)11-15/h7-8,11,17-18H,3-6,9-10,12H2,1-2H3. The van der Waals surface area contributed by atoms with Gasteiger partial charge in [-0.25, -0.2) is 0 Å². The normalized spacial score (nSPS) is 17.0. The molecular formula is C16H25NO2. The summed E-state index contributed by atoms with van der Waals surface area (Å²) in [5.74, 6) is 0.956. The van der Waals surface area contributed by atoms with Gasteiger partial charge in [0.25, 0.3) is 0 Å². The highest BCUT2D eigenvalue weighted by Crippen LogP contribution is 2.26. The van der Waals surface area contributed by atoms with Gasteiger partial charge >= 0.3 is 0 Å². The lowest BCUT2D eigenvalue weighted by atomic mass is 10.00. The average Bonchev–Trinajstić information content (AvgIpc) is 2.86. The van der Waals surface area contributed by atoms with Crippen LogP contribution in [0.1, 0.15) is 37.8 Å². The number of rotatable bonds is 7. The second-order valence-electron chi connectivity index (χ2n) is 5.63. The van der Waals surface area contributed by atoms with Crippen molar-refractivity contribution in [1.82, 2.24) is 5.32 Å². The lowest BCUT2D eigenvalue weighted by Crippen LogP contribution is -2.46. The minimum Gasteiger partial charge on any atom is -0.494 e. The van der Waals surface area contributed by atoms with E-state index in [9.17, 15) is 5.11 Å². The van der Waals surface area contributed by atoms with E-state index >= 15 is 0 Å². The lowest BCUT2D eigenvalue weighted by molar-refractivity contribution is 0.146. The Kier molecular flexibility index (Phi) is 4.83. The van der Waals surface area contributed by atoms with Gasteiger partial charge in [0.15, 0.2) is 0 Å². The predicted octanol–water partition coefficient (Wildman–Crippen LogP) is 2.30. The molecule has 0 heterocycles. The number of hydrogen-bond donors (Lipinski definition) is 2. The van der Waals surface area contributed by atoms with Gasteiger partial charge < -0.3 is 15.2 Å². The maximum Gasteiger partial charge on any atom is 0.119 e. The van der Waals surface area contributed by atoms with E-state index in [1.807, 2.05) is 6.92 Å². The summed E-state index contributed by atoms with van der Waals surface area (Å²) in [5.41, 5.74) is 2.67. The molecule has 2 rings (SSSR count). The van der Waals surface area contributed by atoms with Crippen LogP contribution in [0.15, 0.2) is 18.2 Å². The van der Waals surface area contributed by atoms with Crippen LogP contribution in [0, 0.1) is 0 Å². The van der Waals surface area contributed by atoms with Gasteiger partial charge in [0.2, 0.25) is 0 Å². The minimum atomic E-state index is -0.245. The lowest BCUT2D eigenvalue weighted by Gasteiger charge is -2.28. The van der Waals surface area contributed by atoms with E-state index in [0.29, 0.717) is 6.61 Å². The van der Waals surface area contributed by atoms with E-state index in [2.05, 4.69) is 30.4 Å². The zero-order chi connectivity index (χ0) is 13.7. The summed E-state index contributed by atoms with van der Waals surface area (Å²) >= 11 is 0. The number of ether oxygens (including phenoxy) is 1. The van der Waals surface area contributed by atoms with Crippen LogP contribution < -0.4 is 10.1 Å². The number of fused-ring (bicyclic) bond motifs is 1. The van der Waals surface area contributed by atoms with Crippen molar-refractivity contribution in [2.45, 2.75) is 45.1 Å². The van der Waals surface area contributed by atoms with Crippen LogP contribution in [0.3, 0.4) is 0 Å². The Bertz CT molecular complexity index is 419. The fourth-order valence-corrected chi connectivity index (χ4v) is 2.68. The fraction of sp³-hybridized carbons (Fsp3) is 0.625. The van der Waals surface area contributed by atoms with Crippen LogP contribution in [0.2, 0.25) is 0 Å². The van der Waals surface area contributed by atoms with Gasteiger partial charge in [-0.05, 0) is 56.0 Å². The number of likely N-dealkylation sites (N-methyl/N-ethyl adjacent to an activating group) is 1. The summed E-state index contributed by atoms with van der Waals surface area (Å²) in [7, 11) is 0. The van der Waals surface area contributed by atoms with E-state index in [-0.39, 0.29) is 12.1 Å². The van der Waals surface area contributed by atoms with Crippen LogP contribution in [-0.2, 0) is 12.8 Å². The first kappa shape index (κ1) is 14.4. The van der Waals surface area contributed by atoms with Gasteiger partial charge in [-0.2, -0.15) is 0 Å². The van der Waals surface area contributed by atoms with E-state index in [1.165, 1.54) is 30.4 Å². The molecular weight excluding hydrogens is 238 g/mol. The van der Waals surface area contributed by atoms with Gasteiger partial charge in [-0.1, -0.05) is 13.0 Å². The monoisotopic (exact) mass is 263 g/mol. The molecule has 2 N–H and O–H groups in total. The molecule has 1 atom stereocenters. The number of hydrogen-bond acceptors (Lipinski definition) is 3. The van der Waals surface area contributed by atoms with Crippen LogP contribution in [0.5, 0.6) is 5.75 Å². The summed E-state index contributed by atoms with van der Waals surface area (Å²) in [6, 6.07) is 6.42. The molecule has 1 aromatic carbocycles. The van der Waals surface area contributed by atoms with E-state index in [0.717, 1.165) is 18.7 Å². The Morgan fingerprint density at radius 1 is 1.32 bits per heavy atom. The van der Waals surface area contributed by atoms with Crippen molar-refractivity contribution >= 4 is 0 Å². The van der Waals surface area contributed by atoms with Crippen LogP contribution in [-0.4, -0.2) is 30.4 Å². The van der Waals surface area contributed by atoms with Gasteiger partial charge in [0.1, 0.15) is 5.75 Å². The number of aryl methyl sites for hydroxylation is 2. The van der Waals surface area contributed by atoms with Gasteiger partial charge in [0, 0.05) is 12.0 Å². The number of aliphatic hydroxyl groups excluding tert-OH is 1. The Hall–Kier alpha value is -1.06. The summed E-state index contributed by atoms with van der Waals surface area (Å²) in [5, 5.41) is 12.7. The molecule has 1 aliphatic carbocycles. The molecule has 19 heavy (non-hydrogen) atoms.